The van der Waals surface area contributed by atoms with E-state index in [0.29, 0.717) is 37.9 Å². The summed E-state index contributed by atoms with van der Waals surface area (Å²) in [6.45, 7) is 11.7. The zero-order valence-corrected chi connectivity index (χ0v) is 23.4. The summed E-state index contributed by atoms with van der Waals surface area (Å²) in [5, 5.41) is 7.96. The van der Waals surface area contributed by atoms with E-state index < -0.39 is 23.0 Å². The minimum absolute atomic E-state index is 0.184. The van der Waals surface area contributed by atoms with Crippen molar-refractivity contribution in [1.29, 1.82) is 5.26 Å². The highest BCUT2D eigenvalue weighted by Crippen LogP contribution is 2.30. The molecule has 0 spiro atoms. The summed E-state index contributed by atoms with van der Waals surface area (Å²) in [5.74, 6) is 0.191. The fourth-order valence-corrected chi connectivity index (χ4v) is 3.80. The SMILES string of the molecule is C=NC(C)(P)CCC(=O)OC(C)OCC1CCC(COC(C)OC(=O)CCC(C)(P)C#N)CC1. The average Bonchev–Trinajstić information content (AvgIpc) is 2.79. The normalized spacial score (nSPS) is 23.4. The molecule has 10 heteroatoms. The van der Waals surface area contributed by atoms with Gasteiger partial charge in [-0.2, -0.15) is 5.26 Å². The van der Waals surface area contributed by atoms with E-state index in [4.69, 9.17) is 24.2 Å². The third kappa shape index (κ3) is 13.7. The molecule has 34 heavy (non-hydrogen) atoms. The van der Waals surface area contributed by atoms with Gasteiger partial charge in [0.1, 0.15) is 0 Å². The predicted molar refractivity (Wildman–Crippen MR) is 138 cm³/mol. The maximum absolute atomic E-state index is 12.0. The molecule has 8 nitrogen and oxygen atoms in total. The first-order valence-corrected chi connectivity index (χ1v) is 13.1. The molecule has 0 heterocycles. The number of hydrogen-bond donors (Lipinski definition) is 0. The van der Waals surface area contributed by atoms with Crippen LogP contribution in [0.2, 0.25) is 0 Å². The first-order valence-electron chi connectivity index (χ1n) is 11.9. The summed E-state index contributed by atoms with van der Waals surface area (Å²) < 4.78 is 22.1. The monoisotopic (exact) mass is 516 g/mol. The maximum atomic E-state index is 12.0. The molecular weight excluding hydrogens is 474 g/mol. The van der Waals surface area contributed by atoms with E-state index in [1.165, 1.54) is 0 Å². The molecule has 1 rings (SSSR count). The van der Waals surface area contributed by atoms with Crippen LogP contribution in [-0.4, -0.2) is 54.9 Å². The van der Waals surface area contributed by atoms with Crippen LogP contribution in [0.5, 0.6) is 0 Å². The Morgan fingerprint density at radius 3 is 1.76 bits per heavy atom. The molecule has 6 atom stereocenters. The summed E-state index contributed by atoms with van der Waals surface area (Å²) in [4.78, 5) is 27.9. The van der Waals surface area contributed by atoms with Gasteiger partial charge in [-0.1, -0.05) is 0 Å². The average molecular weight is 517 g/mol. The van der Waals surface area contributed by atoms with E-state index in [1.54, 1.807) is 20.8 Å². The molecule has 194 valence electrons. The Morgan fingerprint density at radius 2 is 1.38 bits per heavy atom. The van der Waals surface area contributed by atoms with Crippen LogP contribution in [0.25, 0.3) is 0 Å². The molecule has 6 unspecified atom stereocenters. The second kappa shape index (κ2) is 15.1. The smallest absolute Gasteiger partial charge is 0.308 e. The van der Waals surface area contributed by atoms with Gasteiger partial charge in [0.2, 0.25) is 0 Å². The van der Waals surface area contributed by atoms with E-state index in [9.17, 15) is 9.59 Å². The molecule has 1 saturated carbocycles. The molecule has 0 amide bonds. The number of rotatable bonds is 15. The Morgan fingerprint density at radius 1 is 0.971 bits per heavy atom. The van der Waals surface area contributed by atoms with Crippen LogP contribution >= 0.6 is 18.5 Å². The van der Waals surface area contributed by atoms with Gasteiger partial charge in [0.05, 0.1) is 29.7 Å². The fourth-order valence-electron chi connectivity index (χ4n) is 3.52. The Bertz CT molecular complexity index is 702. The molecule has 0 aromatic rings. The van der Waals surface area contributed by atoms with Gasteiger partial charge in [0.15, 0.2) is 12.6 Å². The molecule has 0 radical (unpaired) electrons. The number of carbonyl (C=O) groups is 2. The van der Waals surface area contributed by atoms with E-state index in [2.05, 4.69) is 36.3 Å². The molecule has 0 aliphatic heterocycles. The topological polar surface area (TPSA) is 107 Å². The van der Waals surface area contributed by atoms with Gasteiger partial charge in [-0.15, -0.1) is 18.5 Å². The highest BCUT2D eigenvalue weighted by atomic mass is 31.0. The van der Waals surface area contributed by atoms with Crippen molar-refractivity contribution < 1.29 is 28.5 Å². The lowest BCUT2D eigenvalue weighted by Crippen LogP contribution is -2.27. The third-order valence-electron chi connectivity index (χ3n) is 5.99. The summed E-state index contributed by atoms with van der Waals surface area (Å²) in [5.41, 5.74) is 0. The standard InChI is InChI=1S/C24H42N2O6P2/c1-17(31-21(27)10-12-23(3,33)16-25)29-14-19-6-8-20(9-7-19)15-30-18(2)32-22(28)11-13-24(4,34)26-5/h17-20H,5-15,33-34H2,1-4H3. The number of esters is 2. The summed E-state index contributed by atoms with van der Waals surface area (Å²) in [6, 6.07) is 2.14. The minimum atomic E-state index is -0.621. The molecule has 0 N–H and O–H groups in total. The lowest BCUT2D eigenvalue weighted by Gasteiger charge is -2.29. The summed E-state index contributed by atoms with van der Waals surface area (Å²) >= 11 is 0. The van der Waals surface area contributed by atoms with E-state index in [1.807, 2.05) is 6.92 Å². The molecule has 1 aliphatic rings. The van der Waals surface area contributed by atoms with Gasteiger partial charge >= 0.3 is 11.9 Å². The Labute approximate surface area is 209 Å². The second-order valence-corrected chi connectivity index (χ2v) is 12.2. The predicted octanol–water partition coefficient (Wildman–Crippen LogP) is 4.61. The molecule has 0 saturated heterocycles. The van der Waals surface area contributed by atoms with Gasteiger partial charge in [-0.25, -0.2) is 0 Å². The van der Waals surface area contributed by atoms with E-state index in [-0.39, 0.29) is 24.8 Å². The maximum Gasteiger partial charge on any atom is 0.308 e. The highest BCUT2D eigenvalue weighted by Gasteiger charge is 2.25. The lowest BCUT2D eigenvalue weighted by molar-refractivity contribution is -0.181. The number of hydrogen-bond acceptors (Lipinski definition) is 8. The van der Waals surface area contributed by atoms with Crippen molar-refractivity contribution >= 4 is 37.1 Å². The largest absolute Gasteiger partial charge is 0.436 e. The van der Waals surface area contributed by atoms with Crippen molar-refractivity contribution in [2.45, 2.75) is 102 Å². The number of nitrogens with zero attached hydrogens (tertiary/aromatic N) is 2. The van der Waals surface area contributed by atoms with Crippen LogP contribution in [-0.2, 0) is 28.5 Å². The van der Waals surface area contributed by atoms with Gasteiger partial charge in [0.25, 0.3) is 0 Å². The minimum Gasteiger partial charge on any atom is -0.436 e. The molecule has 0 aromatic heterocycles. The van der Waals surface area contributed by atoms with Crippen LogP contribution in [0.3, 0.4) is 0 Å². The van der Waals surface area contributed by atoms with Crippen molar-refractivity contribution in [3.8, 4) is 6.07 Å². The molecular formula is C24H42N2O6P2. The second-order valence-electron chi connectivity index (χ2n) is 9.71. The third-order valence-corrected chi connectivity index (χ3v) is 6.88. The zero-order valence-electron chi connectivity index (χ0n) is 21.1. The Hall–Kier alpha value is -1.12. The van der Waals surface area contributed by atoms with Crippen molar-refractivity contribution in [3.05, 3.63) is 0 Å². The molecule has 0 bridgehead atoms. The Balaban J connectivity index is 2.18. The number of nitriles is 1. The molecule has 1 aliphatic carbocycles. The highest BCUT2D eigenvalue weighted by molar-refractivity contribution is 7.19. The fraction of sp³-hybridized carbons (Fsp3) is 0.833. The first kappa shape index (κ1) is 30.9. The van der Waals surface area contributed by atoms with Crippen molar-refractivity contribution in [3.63, 3.8) is 0 Å². The van der Waals surface area contributed by atoms with Gasteiger partial charge < -0.3 is 18.9 Å². The van der Waals surface area contributed by atoms with Crippen LogP contribution in [0.15, 0.2) is 4.99 Å². The summed E-state index contributed by atoms with van der Waals surface area (Å²) in [6.07, 6.45) is 4.30. The van der Waals surface area contributed by atoms with Gasteiger partial charge in [-0.05, 0) is 84.8 Å². The van der Waals surface area contributed by atoms with Crippen LogP contribution < -0.4 is 0 Å². The van der Waals surface area contributed by atoms with Crippen molar-refractivity contribution in [1.82, 2.24) is 0 Å². The van der Waals surface area contributed by atoms with E-state index in [0.717, 1.165) is 25.7 Å². The van der Waals surface area contributed by atoms with E-state index >= 15 is 0 Å². The first-order chi connectivity index (χ1) is 15.9. The summed E-state index contributed by atoms with van der Waals surface area (Å²) in [7, 11) is 5.04. The number of carbonyl (C=O) groups excluding carboxylic acids is 2. The van der Waals surface area contributed by atoms with Gasteiger partial charge in [-0.3, -0.25) is 14.6 Å². The van der Waals surface area contributed by atoms with Crippen molar-refractivity contribution in [2.75, 3.05) is 13.2 Å². The number of aliphatic imine (C=N–C) groups is 1. The molecule has 0 aromatic carbocycles. The van der Waals surface area contributed by atoms with Crippen molar-refractivity contribution in [2.24, 2.45) is 16.8 Å². The van der Waals surface area contributed by atoms with Crippen LogP contribution in [0.4, 0.5) is 0 Å². The van der Waals surface area contributed by atoms with Crippen LogP contribution in [0.1, 0.15) is 79.1 Å². The lowest BCUT2D eigenvalue weighted by atomic mass is 9.83. The number of ether oxygens (including phenoxy) is 4. The zero-order chi connectivity index (χ0) is 25.8. The quantitative estimate of drug-likeness (QED) is 0.135. The van der Waals surface area contributed by atoms with Gasteiger partial charge in [0, 0.05) is 12.8 Å². The van der Waals surface area contributed by atoms with Crippen LogP contribution in [0, 0.1) is 23.2 Å². The molecule has 1 fully saturated rings. The Kier molecular flexibility index (Phi) is 13.7.